The second kappa shape index (κ2) is 9.46. The van der Waals surface area contributed by atoms with Crippen molar-refractivity contribution in [2.24, 2.45) is 0 Å². The lowest BCUT2D eigenvalue weighted by atomic mass is 10.2. The van der Waals surface area contributed by atoms with Gasteiger partial charge in [-0.1, -0.05) is 12.1 Å². The predicted octanol–water partition coefficient (Wildman–Crippen LogP) is 3.62. The number of carbonyl (C=O) groups excluding carboxylic acids is 2. The SMILES string of the molecule is CCOc1ccc(SCC(=O)NCc2ccc(N3CCCC3=O)cc2)cc1. The lowest BCUT2D eigenvalue weighted by Crippen LogP contribution is -2.25. The third-order valence-electron chi connectivity index (χ3n) is 4.32. The maximum absolute atomic E-state index is 12.1. The van der Waals surface area contributed by atoms with Crippen molar-refractivity contribution in [3.63, 3.8) is 0 Å². The van der Waals surface area contributed by atoms with Crippen molar-refractivity contribution in [2.45, 2.75) is 31.2 Å². The maximum atomic E-state index is 12.1. The Kier molecular flexibility index (Phi) is 6.76. The number of anilines is 1. The van der Waals surface area contributed by atoms with Crippen molar-refractivity contribution in [1.29, 1.82) is 0 Å². The third-order valence-corrected chi connectivity index (χ3v) is 5.33. The fourth-order valence-corrected chi connectivity index (χ4v) is 3.64. The minimum atomic E-state index is -0.00678. The van der Waals surface area contributed by atoms with Gasteiger partial charge in [0.1, 0.15) is 5.75 Å². The lowest BCUT2D eigenvalue weighted by Gasteiger charge is -2.16. The number of nitrogens with one attached hydrogen (secondary N) is 1. The molecule has 1 heterocycles. The highest BCUT2D eigenvalue weighted by atomic mass is 32.2. The van der Waals surface area contributed by atoms with Crippen LogP contribution in [0.2, 0.25) is 0 Å². The van der Waals surface area contributed by atoms with Crippen LogP contribution in [0.15, 0.2) is 53.4 Å². The summed E-state index contributed by atoms with van der Waals surface area (Å²) in [6, 6.07) is 15.6. The van der Waals surface area contributed by atoms with Gasteiger partial charge in [0.15, 0.2) is 0 Å². The van der Waals surface area contributed by atoms with Crippen molar-refractivity contribution in [3.8, 4) is 5.75 Å². The van der Waals surface area contributed by atoms with Gasteiger partial charge in [-0.15, -0.1) is 11.8 Å². The molecule has 0 bridgehead atoms. The number of hydrogen-bond donors (Lipinski definition) is 1. The van der Waals surface area contributed by atoms with E-state index in [-0.39, 0.29) is 11.8 Å². The van der Waals surface area contributed by atoms with Crippen LogP contribution in [-0.4, -0.2) is 30.7 Å². The molecule has 2 aromatic rings. The first-order chi connectivity index (χ1) is 13.2. The Bertz CT molecular complexity index is 775. The normalized spacial score (nSPS) is 13.7. The zero-order valence-electron chi connectivity index (χ0n) is 15.4. The van der Waals surface area contributed by atoms with Crippen molar-refractivity contribution in [3.05, 3.63) is 54.1 Å². The molecule has 1 aliphatic heterocycles. The van der Waals surface area contributed by atoms with Crippen LogP contribution < -0.4 is 15.0 Å². The molecule has 6 heteroatoms. The molecular weight excluding hydrogens is 360 g/mol. The molecule has 1 fully saturated rings. The summed E-state index contributed by atoms with van der Waals surface area (Å²) in [5.74, 6) is 1.38. The molecule has 142 valence electrons. The molecular formula is C21H24N2O3S. The minimum absolute atomic E-state index is 0.00678. The summed E-state index contributed by atoms with van der Waals surface area (Å²) in [6.45, 7) is 3.87. The van der Waals surface area contributed by atoms with Gasteiger partial charge in [-0.3, -0.25) is 9.59 Å². The standard InChI is InChI=1S/C21H24N2O3S/c1-2-26-18-9-11-19(12-10-18)27-15-20(24)22-14-16-5-7-17(8-6-16)23-13-3-4-21(23)25/h5-12H,2-4,13-15H2,1H3,(H,22,24). The lowest BCUT2D eigenvalue weighted by molar-refractivity contribution is -0.119. The van der Waals surface area contributed by atoms with E-state index in [1.54, 1.807) is 0 Å². The highest BCUT2D eigenvalue weighted by Crippen LogP contribution is 2.22. The molecule has 5 nitrogen and oxygen atoms in total. The van der Waals surface area contributed by atoms with E-state index in [0.717, 1.165) is 34.9 Å². The van der Waals surface area contributed by atoms with Crippen LogP contribution in [0.4, 0.5) is 5.69 Å². The molecule has 0 saturated carbocycles. The van der Waals surface area contributed by atoms with Crippen molar-refractivity contribution >= 4 is 29.3 Å². The first-order valence-electron chi connectivity index (χ1n) is 9.17. The fourth-order valence-electron chi connectivity index (χ4n) is 2.91. The number of amides is 2. The summed E-state index contributed by atoms with van der Waals surface area (Å²) in [7, 11) is 0. The Labute approximate surface area is 164 Å². The molecule has 1 aliphatic rings. The Morgan fingerprint density at radius 1 is 1.15 bits per heavy atom. The molecule has 27 heavy (non-hydrogen) atoms. The Morgan fingerprint density at radius 3 is 2.52 bits per heavy atom. The topological polar surface area (TPSA) is 58.6 Å². The van der Waals surface area contributed by atoms with Gasteiger partial charge in [0.05, 0.1) is 12.4 Å². The minimum Gasteiger partial charge on any atom is -0.494 e. The molecule has 0 unspecified atom stereocenters. The largest absolute Gasteiger partial charge is 0.494 e. The monoisotopic (exact) mass is 384 g/mol. The molecule has 0 aliphatic carbocycles. The van der Waals surface area contributed by atoms with Crippen LogP contribution >= 0.6 is 11.8 Å². The van der Waals surface area contributed by atoms with E-state index in [9.17, 15) is 9.59 Å². The molecule has 0 spiro atoms. The third kappa shape index (κ3) is 5.50. The van der Waals surface area contributed by atoms with Crippen LogP contribution in [0.3, 0.4) is 0 Å². The summed E-state index contributed by atoms with van der Waals surface area (Å²) in [5.41, 5.74) is 1.95. The van der Waals surface area contributed by atoms with Crippen LogP contribution in [0.1, 0.15) is 25.3 Å². The highest BCUT2D eigenvalue weighted by Gasteiger charge is 2.21. The molecule has 1 saturated heterocycles. The molecule has 3 rings (SSSR count). The van der Waals surface area contributed by atoms with Crippen LogP contribution in [-0.2, 0) is 16.1 Å². The van der Waals surface area contributed by atoms with E-state index in [4.69, 9.17) is 4.74 Å². The molecule has 1 N–H and O–H groups in total. The van der Waals surface area contributed by atoms with Gasteiger partial charge in [-0.25, -0.2) is 0 Å². The van der Waals surface area contributed by atoms with E-state index in [2.05, 4.69) is 5.32 Å². The second-order valence-electron chi connectivity index (χ2n) is 6.29. The van der Waals surface area contributed by atoms with E-state index in [1.165, 1.54) is 11.8 Å². The van der Waals surface area contributed by atoms with E-state index >= 15 is 0 Å². The van der Waals surface area contributed by atoms with Crippen LogP contribution in [0, 0.1) is 0 Å². The average Bonchev–Trinajstić information content (AvgIpc) is 3.12. The van der Waals surface area contributed by atoms with Gasteiger partial charge in [-0.05, 0) is 55.3 Å². The maximum Gasteiger partial charge on any atom is 0.230 e. The number of rotatable bonds is 8. The number of ether oxygens (including phenoxy) is 1. The number of thioether (sulfide) groups is 1. The Balaban J connectivity index is 1.42. The van der Waals surface area contributed by atoms with Crippen molar-refractivity contribution in [2.75, 3.05) is 23.8 Å². The smallest absolute Gasteiger partial charge is 0.230 e. The molecule has 2 amide bonds. The van der Waals surface area contributed by atoms with E-state index in [0.29, 0.717) is 25.3 Å². The van der Waals surface area contributed by atoms with E-state index < -0.39 is 0 Å². The summed E-state index contributed by atoms with van der Waals surface area (Å²) in [4.78, 5) is 26.7. The first kappa shape index (κ1) is 19.3. The zero-order valence-corrected chi connectivity index (χ0v) is 16.3. The summed E-state index contributed by atoms with van der Waals surface area (Å²) in [6.07, 6.45) is 1.55. The number of nitrogens with zero attached hydrogens (tertiary/aromatic N) is 1. The molecule has 0 aromatic heterocycles. The summed E-state index contributed by atoms with van der Waals surface area (Å²) >= 11 is 1.50. The highest BCUT2D eigenvalue weighted by molar-refractivity contribution is 8.00. The second-order valence-corrected chi connectivity index (χ2v) is 7.33. The van der Waals surface area contributed by atoms with Crippen LogP contribution in [0.5, 0.6) is 5.75 Å². The van der Waals surface area contributed by atoms with Gasteiger partial charge < -0.3 is 15.0 Å². The average molecular weight is 385 g/mol. The molecule has 0 radical (unpaired) electrons. The Hall–Kier alpha value is -2.47. The van der Waals surface area contributed by atoms with E-state index in [1.807, 2.05) is 60.4 Å². The van der Waals surface area contributed by atoms with Gasteiger partial charge in [0.25, 0.3) is 0 Å². The zero-order chi connectivity index (χ0) is 19.1. The first-order valence-corrected chi connectivity index (χ1v) is 10.2. The van der Waals surface area contributed by atoms with Crippen LogP contribution in [0.25, 0.3) is 0 Å². The summed E-state index contributed by atoms with van der Waals surface area (Å²) < 4.78 is 5.41. The quantitative estimate of drug-likeness (QED) is 0.706. The Morgan fingerprint density at radius 2 is 1.89 bits per heavy atom. The number of benzene rings is 2. The number of hydrogen-bond acceptors (Lipinski definition) is 4. The van der Waals surface area contributed by atoms with Crippen molar-refractivity contribution < 1.29 is 14.3 Å². The summed E-state index contributed by atoms with van der Waals surface area (Å²) in [5, 5.41) is 2.93. The fraction of sp³-hybridized carbons (Fsp3) is 0.333. The van der Waals surface area contributed by atoms with Gasteiger partial charge in [0.2, 0.25) is 11.8 Å². The molecule has 2 aromatic carbocycles. The van der Waals surface area contributed by atoms with Gasteiger partial charge in [-0.2, -0.15) is 0 Å². The predicted molar refractivity (Wildman–Crippen MR) is 108 cm³/mol. The molecule has 0 atom stereocenters. The van der Waals surface area contributed by atoms with Gasteiger partial charge >= 0.3 is 0 Å². The van der Waals surface area contributed by atoms with Gasteiger partial charge in [0, 0.05) is 30.1 Å². The number of carbonyl (C=O) groups is 2. The van der Waals surface area contributed by atoms with Crippen molar-refractivity contribution in [1.82, 2.24) is 5.32 Å².